The van der Waals surface area contributed by atoms with Gasteiger partial charge in [0.25, 0.3) is 5.91 Å². The molecule has 1 aliphatic rings. The highest BCUT2D eigenvalue weighted by molar-refractivity contribution is 6.34. The van der Waals surface area contributed by atoms with Gasteiger partial charge in [-0.05, 0) is 23.6 Å². The molecule has 0 fully saturated rings. The summed E-state index contributed by atoms with van der Waals surface area (Å²) in [5.74, 6) is -3.71. The molecule has 0 aromatic heterocycles. The molecule has 13 heteroatoms. The molecule has 4 N–H and O–H groups in total. The minimum absolute atomic E-state index is 0.296. The first-order chi connectivity index (χ1) is 17.1. The SMILES string of the molecule is CCC(F)(F)F.NC(=O)CC(CCC(F)(F)F)C(=O)NC1C(=O)Nc2c(Cl)cccc2-c2ccccc21. The van der Waals surface area contributed by atoms with Crippen LogP contribution in [0.2, 0.25) is 5.02 Å². The van der Waals surface area contributed by atoms with Crippen LogP contribution in [0.25, 0.3) is 11.1 Å². The summed E-state index contributed by atoms with van der Waals surface area (Å²) in [7, 11) is 0. The minimum atomic E-state index is -4.50. The maximum Gasteiger partial charge on any atom is 0.389 e. The van der Waals surface area contributed by atoms with Gasteiger partial charge in [-0.15, -0.1) is 0 Å². The van der Waals surface area contributed by atoms with E-state index in [0.717, 1.165) is 6.92 Å². The van der Waals surface area contributed by atoms with Crippen molar-refractivity contribution in [2.45, 2.75) is 51.0 Å². The molecular weight excluding hydrogens is 528 g/mol. The number of primary amides is 1. The number of anilines is 1. The topological polar surface area (TPSA) is 101 Å². The van der Waals surface area contributed by atoms with Crippen molar-refractivity contribution in [1.82, 2.24) is 5.32 Å². The van der Waals surface area contributed by atoms with Crippen LogP contribution in [-0.2, 0) is 14.4 Å². The van der Waals surface area contributed by atoms with E-state index >= 15 is 0 Å². The lowest BCUT2D eigenvalue weighted by Crippen LogP contribution is -2.41. The summed E-state index contributed by atoms with van der Waals surface area (Å²) in [6, 6.07) is 10.7. The molecule has 202 valence electrons. The Labute approximate surface area is 213 Å². The van der Waals surface area contributed by atoms with Gasteiger partial charge >= 0.3 is 12.4 Å². The number of nitrogens with two attached hydrogens (primary N) is 1. The van der Waals surface area contributed by atoms with Crippen LogP contribution in [0, 0.1) is 5.92 Å². The molecule has 37 heavy (non-hydrogen) atoms. The van der Waals surface area contributed by atoms with Crippen LogP contribution < -0.4 is 16.4 Å². The zero-order valence-electron chi connectivity index (χ0n) is 19.5. The summed E-state index contributed by atoms with van der Waals surface area (Å²) in [5.41, 5.74) is 7.19. The van der Waals surface area contributed by atoms with Gasteiger partial charge in [-0.25, -0.2) is 0 Å². The molecule has 3 amide bonds. The number of para-hydroxylation sites is 1. The van der Waals surface area contributed by atoms with Gasteiger partial charge in [0.1, 0.15) is 6.04 Å². The zero-order chi connectivity index (χ0) is 28.0. The lowest BCUT2D eigenvalue weighted by Gasteiger charge is -2.22. The summed E-state index contributed by atoms with van der Waals surface area (Å²) in [4.78, 5) is 37.0. The minimum Gasteiger partial charge on any atom is -0.370 e. The maximum atomic E-state index is 12.9. The normalized spacial score (nSPS) is 15.7. The summed E-state index contributed by atoms with van der Waals surface area (Å²) >= 11 is 6.23. The Morgan fingerprint density at radius 2 is 1.62 bits per heavy atom. The van der Waals surface area contributed by atoms with Crippen molar-refractivity contribution in [3.63, 3.8) is 0 Å². The highest BCUT2D eigenvalue weighted by atomic mass is 35.5. The van der Waals surface area contributed by atoms with Crippen molar-refractivity contribution in [2.24, 2.45) is 11.7 Å². The first-order valence-electron chi connectivity index (χ1n) is 11.0. The van der Waals surface area contributed by atoms with Gasteiger partial charge in [0.2, 0.25) is 11.8 Å². The van der Waals surface area contributed by atoms with Gasteiger partial charge < -0.3 is 16.4 Å². The number of nitrogens with one attached hydrogen (secondary N) is 2. The second-order valence-electron chi connectivity index (χ2n) is 8.17. The first-order valence-corrected chi connectivity index (χ1v) is 11.4. The number of halogens is 7. The Hall–Kier alpha value is -3.28. The Kier molecular flexibility index (Phi) is 9.96. The van der Waals surface area contributed by atoms with Crippen molar-refractivity contribution in [1.29, 1.82) is 0 Å². The molecule has 0 bridgehead atoms. The van der Waals surface area contributed by atoms with Crippen molar-refractivity contribution in [2.75, 3.05) is 5.32 Å². The number of hydrogen-bond donors (Lipinski definition) is 3. The fourth-order valence-electron chi connectivity index (χ4n) is 3.52. The Morgan fingerprint density at radius 1 is 1.03 bits per heavy atom. The average molecular weight is 552 g/mol. The van der Waals surface area contributed by atoms with Gasteiger partial charge in [-0.3, -0.25) is 14.4 Å². The third kappa shape index (κ3) is 8.96. The Morgan fingerprint density at radius 3 is 2.19 bits per heavy atom. The van der Waals surface area contributed by atoms with Crippen molar-refractivity contribution >= 4 is 35.0 Å². The van der Waals surface area contributed by atoms with E-state index in [1.54, 1.807) is 42.5 Å². The van der Waals surface area contributed by atoms with E-state index in [0.29, 0.717) is 27.4 Å². The van der Waals surface area contributed by atoms with E-state index in [1.165, 1.54) is 0 Å². The molecule has 0 radical (unpaired) electrons. The summed E-state index contributed by atoms with van der Waals surface area (Å²) in [5, 5.41) is 5.46. The van der Waals surface area contributed by atoms with Gasteiger partial charge in [0, 0.05) is 30.7 Å². The van der Waals surface area contributed by atoms with Crippen LogP contribution in [0.3, 0.4) is 0 Å². The molecule has 2 aromatic rings. The van der Waals surface area contributed by atoms with Crippen LogP contribution in [0.1, 0.15) is 44.2 Å². The number of benzene rings is 2. The largest absolute Gasteiger partial charge is 0.389 e. The number of hydrogen-bond acceptors (Lipinski definition) is 3. The number of amides is 3. The van der Waals surface area contributed by atoms with Crippen molar-refractivity contribution in [3.05, 3.63) is 53.1 Å². The quantitative estimate of drug-likeness (QED) is 0.389. The maximum absolute atomic E-state index is 12.9. The highest BCUT2D eigenvalue weighted by Crippen LogP contribution is 2.41. The number of carbonyl (C=O) groups is 3. The molecule has 2 atom stereocenters. The lowest BCUT2D eigenvalue weighted by atomic mass is 9.93. The summed E-state index contributed by atoms with van der Waals surface area (Å²) in [6.45, 7) is 1.08. The third-order valence-corrected chi connectivity index (χ3v) is 5.68. The molecular formula is C24H24ClF6N3O3. The van der Waals surface area contributed by atoms with E-state index in [4.69, 9.17) is 17.3 Å². The average Bonchev–Trinajstić information content (AvgIpc) is 2.91. The molecule has 2 aromatic carbocycles. The van der Waals surface area contributed by atoms with Crippen LogP contribution in [0.5, 0.6) is 0 Å². The van der Waals surface area contributed by atoms with Crippen LogP contribution in [-0.4, -0.2) is 30.1 Å². The number of fused-ring (bicyclic) bond motifs is 3. The third-order valence-electron chi connectivity index (χ3n) is 5.37. The fourth-order valence-corrected chi connectivity index (χ4v) is 3.74. The number of rotatable bonds is 6. The van der Waals surface area contributed by atoms with Gasteiger partial charge in [-0.1, -0.05) is 54.9 Å². The standard InChI is InChI=1S/C21H19ClF3N3O3.C3H5F3/c22-15-7-3-6-13-12-4-1-2-5-14(12)18(20(31)27-17(13)15)28-19(30)11(10-16(26)29)8-9-21(23,24)25;1-2-3(4,5)6/h1-7,11,18H,8-10H2,(H2,26,29)(H,27,31)(H,28,30);2H2,1H3. The molecule has 3 rings (SSSR count). The molecule has 1 heterocycles. The Bertz CT molecular complexity index is 1140. The van der Waals surface area contributed by atoms with Gasteiger partial charge in [0.05, 0.1) is 10.7 Å². The highest BCUT2D eigenvalue weighted by Gasteiger charge is 2.35. The van der Waals surface area contributed by atoms with Crippen LogP contribution in [0.4, 0.5) is 32.0 Å². The molecule has 0 spiro atoms. The Balaban J connectivity index is 0.000000717. The second-order valence-corrected chi connectivity index (χ2v) is 8.58. The number of alkyl halides is 6. The van der Waals surface area contributed by atoms with E-state index in [9.17, 15) is 40.7 Å². The van der Waals surface area contributed by atoms with E-state index in [-0.39, 0.29) is 0 Å². The van der Waals surface area contributed by atoms with Crippen LogP contribution >= 0.6 is 11.6 Å². The summed E-state index contributed by atoms with van der Waals surface area (Å²) < 4.78 is 70.3. The van der Waals surface area contributed by atoms with Crippen molar-refractivity contribution in [3.8, 4) is 11.1 Å². The lowest BCUT2D eigenvalue weighted by molar-refractivity contribution is -0.143. The first kappa shape index (κ1) is 29.9. The molecule has 6 nitrogen and oxygen atoms in total. The molecule has 0 saturated heterocycles. The predicted molar refractivity (Wildman–Crippen MR) is 125 cm³/mol. The molecule has 0 saturated carbocycles. The van der Waals surface area contributed by atoms with Gasteiger partial charge in [0.15, 0.2) is 0 Å². The fraction of sp³-hybridized carbons (Fsp3) is 0.375. The summed E-state index contributed by atoms with van der Waals surface area (Å²) in [6.07, 6.45) is -11.6. The molecule has 2 unspecified atom stereocenters. The van der Waals surface area contributed by atoms with E-state index in [1.807, 2.05) is 0 Å². The molecule has 1 aliphatic heterocycles. The molecule has 0 aliphatic carbocycles. The second kappa shape index (κ2) is 12.3. The van der Waals surface area contributed by atoms with Gasteiger partial charge in [-0.2, -0.15) is 26.3 Å². The monoisotopic (exact) mass is 551 g/mol. The van der Waals surface area contributed by atoms with E-state index < -0.39 is 67.7 Å². The van der Waals surface area contributed by atoms with Crippen LogP contribution in [0.15, 0.2) is 42.5 Å². The number of carbonyl (C=O) groups excluding carboxylic acids is 3. The van der Waals surface area contributed by atoms with E-state index in [2.05, 4.69) is 10.6 Å². The zero-order valence-corrected chi connectivity index (χ0v) is 20.2. The predicted octanol–water partition coefficient (Wildman–Crippen LogP) is 5.91. The van der Waals surface area contributed by atoms with Crippen molar-refractivity contribution < 1.29 is 40.7 Å². The smallest absolute Gasteiger partial charge is 0.370 e.